The van der Waals surface area contributed by atoms with E-state index in [-0.39, 0.29) is 11.8 Å². The van der Waals surface area contributed by atoms with E-state index in [4.69, 9.17) is 0 Å². The first-order valence-electron chi connectivity index (χ1n) is 8.73. The molecule has 0 aliphatic heterocycles. The number of hydrogen-bond acceptors (Lipinski definition) is 5. The van der Waals surface area contributed by atoms with Crippen molar-refractivity contribution in [1.82, 2.24) is 25.1 Å². The summed E-state index contributed by atoms with van der Waals surface area (Å²) in [6.45, 7) is 4.46. The molecule has 6 nitrogen and oxygen atoms in total. The number of aromatic nitrogens is 4. The Morgan fingerprint density at radius 3 is 2.81 bits per heavy atom. The molecule has 4 rings (SSSR count). The number of nitrogens with zero attached hydrogens (tertiary/aromatic N) is 4. The van der Waals surface area contributed by atoms with Crippen molar-refractivity contribution in [3.63, 3.8) is 0 Å². The van der Waals surface area contributed by atoms with Gasteiger partial charge in [-0.3, -0.25) is 4.79 Å². The highest BCUT2D eigenvalue weighted by molar-refractivity contribution is 7.18. The van der Waals surface area contributed by atoms with Crippen LogP contribution in [0.15, 0.2) is 54.9 Å². The summed E-state index contributed by atoms with van der Waals surface area (Å²) in [5, 5.41) is 8.33. The van der Waals surface area contributed by atoms with E-state index in [1.807, 2.05) is 43.3 Å². The van der Waals surface area contributed by atoms with E-state index in [0.29, 0.717) is 17.9 Å². The molecular weight excluding hydrogens is 358 g/mol. The Bertz CT molecular complexity index is 1050. The highest BCUT2D eigenvalue weighted by Crippen LogP contribution is 2.27. The highest BCUT2D eigenvalue weighted by atomic mass is 32.1. The maximum absolute atomic E-state index is 12.6. The molecule has 136 valence electrons. The van der Waals surface area contributed by atoms with Crippen molar-refractivity contribution in [3.8, 4) is 5.82 Å². The number of pyridine rings is 1. The van der Waals surface area contributed by atoms with Gasteiger partial charge in [0, 0.05) is 18.7 Å². The first kappa shape index (κ1) is 17.4. The fraction of sp³-hybridized carbons (Fsp3) is 0.200. The van der Waals surface area contributed by atoms with E-state index < -0.39 is 0 Å². The van der Waals surface area contributed by atoms with Crippen LogP contribution in [0.2, 0.25) is 0 Å². The monoisotopic (exact) mass is 377 g/mol. The summed E-state index contributed by atoms with van der Waals surface area (Å²) < 4.78 is 2.84. The zero-order valence-electron chi connectivity index (χ0n) is 15.1. The third-order valence-corrected chi connectivity index (χ3v) is 5.69. The molecule has 0 aliphatic carbocycles. The minimum atomic E-state index is -0.136. The Labute approximate surface area is 160 Å². The van der Waals surface area contributed by atoms with Gasteiger partial charge in [-0.2, -0.15) is 5.10 Å². The van der Waals surface area contributed by atoms with Crippen molar-refractivity contribution in [2.75, 3.05) is 6.54 Å². The molecule has 0 spiro atoms. The topological polar surface area (TPSA) is 72.7 Å². The summed E-state index contributed by atoms with van der Waals surface area (Å²) in [5.74, 6) is 0.692. The quantitative estimate of drug-likeness (QED) is 0.575. The average Bonchev–Trinajstić information content (AvgIpc) is 3.30. The lowest BCUT2D eigenvalue weighted by atomic mass is 10.2. The van der Waals surface area contributed by atoms with Crippen molar-refractivity contribution >= 4 is 27.5 Å². The van der Waals surface area contributed by atoms with Crippen LogP contribution in [0.25, 0.3) is 16.0 Å². The van der Waals surface area contributed by atoms with Crippen molar-refractivity contribution < 1.29 is 4.79 Å². The molecule has 1 atom stereocenters. The Morgan fingerprint density at radius 1 is 1.22 bits per heavy atom. The molecule has 7 heteroatoms. The Kier molecular flexibility index (Phi) is 4.68. The maximum Gasteiger partial charge on any atom is 0.254 e. The molecule has 0 bridgehead atoms. The predicted molar refractivity (Wildman–Crippen MR) is 106 cm³/mol. The number of thiazole rings is 1. The summed E-state index contributed by atoms with van der Waals surface area (Å²) >= 11 is 1.67. The van der Waals surface area contributed by atoms with Crippen LogP contribution in [0.1, 0.15) is 33.9 Å². The minimum absolute atomic E-state index is 0.136. The van der Waals surface area contributed by atoms with Crippen molar-refractivity contribution in [2.45, 2.75) is 19.8 Å². The largest absolute Gasteiger partial charge is 0.351 e. The molecule has 0 saturated carbocycles. The van der Waals surface area contributed by atoms with Gasteiger partial charge in [0.2, 0.25) is 0 Å². The molecule has 1 unspecified atom stereocenters. The first-order valence-corrected chi connectivity index (χ1v) is 9.55. The predicted octanol–water partition coefficient (Wildman–Crippen LogP) is 3.72. The zero-order chi connectivity index (χ0) is 18.8. The number of nitrogens with one attached hydrogen (secondary N) is 1. The molecule has 0 aliphatic rings. The van der Waals surface area contributed by atoms with E-state index >= 15 is 0 Å². The Hall–Kier alpha value is -3.06. The first-order chi connectivity index (χ1) is 13.1. The number of hydrogen-bond donors (Lipinski definition) is 1. The van der Waals surface area contributed by atoms with Gasteiger partial charge < -0.3 is 5.32 Å². The molecule has 0 saturated heterocycles. The van der Waals surface area contributed by atoms with Crippen LogP contribution in [0, 0.1) is 6.92 Å². The smallest absolute Gasteiger partial charge is 0.254 e. The second kappa shape index (κ2) is 7.28. The summed E-state index contributed by atoms with van der Waals surface area (Å²) in [6.07, 6.45) is 3.29. The van der Waals surface area contributed by atoms with Gasteiger partial charge in [0.25, 0.3) is 5.91 Å². The van der Waals surface area contributed by atoms with Gasteiger partial charge in [0.1, 0.15) is 0 Å². The van der Waals surface area contributed by atoms with Gasteiger partial charge in [-0.15, -0.1) is 11.3 Å². The molecule has 0 fully saturated rings. The third kappa shape index (κ3) is 3.46. The molecule has 1 amide bonds. The van der Waals surface area contributed by atoms with E-state index in [1.165, 1.54) is 0 Å². The molecule has 1 aromatic carbocycles. The minimum Gasteiger partial charge on any atom is -0.351 e. The summed E-state index contributed by atoms with van der Waals surface area (Å²) in [4.78, 5) is 21.6. The molecule has 4 aromatic rings. The summed E-state index contributed by atoms with van der Waals surface area (Å²) in [6, 6.07) is 13.7. The van der Waals surface area contributed by atoms with Crippen LogP contribution in [-0.2, 0) is 0 Å². The SMILES string of the molecule is Cc1c(C(=O)NCC(C)c2nc3ccccc3s2)cnn1-c1ccccn1. The van der Waals surface area contributed by atoms with E-state index in [9.17, 15) is 4.79 Å². The summed E-state index contributed by atoms with van der Waals surface area (Å²) in [5.41, 5.74) is 2.32. The van der Waals surface area contributed by atoms with Crippen molar-refractivity contribution in [1.29, 1.82) is 0 Å². The number of fused-ring (bicyclic) bond motifs is 1. The second-order valence-corrected chi connectivity index (χ2v) is 7.44. The van der Waals surface area contributed by atoms with Crippen LogP contribution >= 0.6 is 11.3 Å². The van der Waals surface area contributed by atoms with E-state index in [0.717, 1.165) is 20.9 Å². The van der Waals surface area contributed by atoms with Crippen LogP contribution in [0.3, 0.4) is 0 Å². The fourth-order valence-electron chi connectivity index (χ4n) is 2.87. The Balaban J connectivity index is 1.46. The lowest BCUT2D eigenvalue weighted by Gasteiger charge is -2.10. The van der Waals surface area contributed by atoms with E-state index in [2.05, 4.69) is 33.4 Å². The van der Waals surface area contributed by atoms with Crippen molar-refractivity contribution in [2.24, 2.45) is 0 Å². The lowest BCUT2D eigenvalue weighted by molar-refractivity contribution is 0.0951. The molecule has 3 aromatic heterocycles. The normalized spacial score (nSPS) is 12.2. The van der Waals surface area contributed by atoms with Gasteiger partial charge in [0.05, 0.1) is 32.7 Å². The third-order valence-electron chi connectivity index (χ3n) is 4.42. The van der Waals surface area contributed by atoms with Gasteiger partial charge in [-0.05, 0) is 31.2 Å². The molecule has 1 N–H and O–H groups in total. The van der Waals surface area contributed by atoms with Crippen LogP contribution in [-0.4, -0.2) is 32.2 Å². The molecular formula is C20H19N5OS. The van der Waals surface area contributed by atoms with Gasteiger partial charge in [-0.25, -0.2) is 14.6 Å². The molecule has 3 heterocycles. The summed E-state index contributed by atoms with van der Waals surface area (Å²) in [7, 11) is 0. The lowest BCUT2D eigenvalue weighted by Crippen LogP contribution is -2.27. The number of para-hydroxylation sites is 1. The number of benzene rings is 1. The van der Waals surface area contributed by atoms with Gasteiger partial charge in [0.15, 0.2) is 5.82 Å². The maximum atomic E-state index is 12.6. The van der Waals surface area contributed by atoms with Crippen molar-refractivity contribution in [3.05, 3.63) is 71.1 Å². The number of amides is 1. The number of carbonyl (C=O) groups excluding carboxylic acids is 1. The zero-order valence-corrected chi connectivity index (χ0v) is 15.9. The number of rotatable bonds is 5. The average molecular weight is 377 g/mol. The molecule has 0 radical (unpaired) electrons. The standard InChI is InChI=1S/C20H19N5OS/c1-13(20-24-16-7-3-4-8-17(16)27-20)11-22-19(26)15-12-23-25(14(15)2)18-9-5-6-10-21-18/h3-10,12-13H,11H2,1-2H3,(H,22,26). The van der Waals surface area contributed by atoms with Crippen LogP contribution in [0.4, 0.5) is 0 Å². The Morgan fingerprint density at radius 2 is 2.04 bits per heavy atom. The highest BCUT2D eigenvalue weighted by Gasteiger charge is 2.18. The molecule has 27 heavy (non-hydrogen) atoms. The van der Waals surface area contributed by atoms with Crippen LogP contribution in [0.5, 0.6) is 0 Å². The number of carbonyl (C=O) groups is 1. The second-order valence-electron chi connectivity index (χ2n) is 6.37. The van der Waals surface area contributed by atoms with Crippen LogP contribution < -0.4 is 5.32 Å². The fourth-order valence-corrected chi connectivity index (χ4v) is 3.89. The van der Waals surface area contributed by atoms with Gasteiger partial charge >= 0.3 is 0 Å². The van der Waals surface area contributed by atoms with Gasteiger partial charge in [-0.1, -0.05) is 25.1 Å². The van der Waals surface area contributed by atoms with E-state index in [1.54, 1.807) is 28.4 Å².